The molecular weight excluding hydrogens is 585 g/mol. The summed E-state index contributed by atoms with van der Waals surface area (Å²) in [7, 11) is 0. The number of rotatable bonds is 4. The normalized spacial score (nSPS) is 11.8. The van der Waals surface area contributed by atoms with Crippen LogP contribution in [0.5, 0.6) is 0 Å². The average molecular weight is 613 g/mol. The van der Waals surface area contributed by atoms with Gasteiger partial charge in [0.1, 0.15) is 0 Å². The van der Waals surface area contributed by atoms with Crippen LogP contribution in [0.25, 0.3) is 88.4 Å². The molecule has 0 N–H and O–H groups in total. The average Bonchev–Trinajstić information content (AvgIpc) is 3.74. The molecule has 0 spiro atoms. The van der Waals surface area contributed by atoms with Crippen molar-refractivity contribution < 1.29 is 0 Å². The van der Waals surface area contributed by atoms with Crippen LogP contribution in [0.4, 0.5) is 0 Å². The van der Waals surface area contributed by atoms with E-state index in [0.717, 1.165) is 39.1 Å². The van der Waals surface area contributed by atoms with E-state index in [0.29, 0.717) is 5.82 Å². The fraction of sp³-hybridized carbons (Fsp3) is 0. The minimum absolute atomic E-state index is 0.708. The van der Waals surface area contributed by atoms with Gasteiger partial charge in [-0.2, -0.15) is 0 Å². The van der Waals surface area contributed by atoms with E-state index in [4.69, 9.17) is 9.97 Å². The van der Waals surface area contributed by atoms with Crippen molar-refractivity contribution in [2.45, 2.75) is 0 Å². The Bertz CT molecular complexity index is 2840. The summed E-state index contributed by atoms with van der Waals surface area (Å²) in [5, 5.41) is 7.12. The van der Waals surface area contributed by atoms with Crippen LogP contribution in [0.15, 0.2) is 170 Å². The summed E-state index contributed by atoms with van der Waals surface area (Å²) < 4.78 is 4.67. The topological polar surface area (TPSA) is 35.6 Å². The number of hydrogen-bond donors (Lipinski definition) is 0. The Morgan fingerprint density at radius 3 is 2.10 bits per heavy atom. The molecule has 224 valence electrons. The SMILES string of the molecule is c1ccc(-n2ccc3c2ccc2c4ccccc4n(-c4cccc(-c5nc(-c6ccc7ccccc7c6)c6ccccc6n5)c4)c23)cc1. The molecule has 7 aromatic carbocycles. The quantitative estimate of drug-likeness (QED) is 0.198. The largest absolute Gasteiger partial charge is 0.316 e. The van der Waals surface area contributed by atoms with Crippen molar-refractivity contribution in [1.82, 2.24) is 19.1 Å². The zero-order valence-corrected chi connectivity index (χ0v) is 26.0. The van der Waals surface area contributed by atoms with Crippen molar-refractivity contribution >= 4 is 54.4 Å². The predicted molar refractivity (Wildman–Crippen MR) is 199 cm³/mol. The van der Waals surface area contributed by atoms with E-state index in [2.05, 4.69) is 173 Å². The number of benzene rings is 7. The van der Waals surface area contributed by atoms with Crippen molar-refractivity contribution in [2.24, 2.45) is 0 Å². The van der Waals surface area contributed by atoms with Crippen molar-refractivity contribution in [2.75, 3.05) is 0 Å². The molecular formula is C44H28N4. The molecule has 4 nitrogen and oxygen atoms in total. The molecule has 0 atom stereocenters. The van der Waals surface area contributed by atoms with Gasteiger partial charge >= 0.3 is 0 Å². The van der Waals surface area contributed by atoms with Crippen LogP contribution < -0.4 is 0 Å². The molecule has 3 heterocycles. The van der Waals surface area contributed by atoms with Crippen LogP contribution in [0.2, 0.25) is 0 Å². The smallest absolute Gasteiger partial charge is 0.160 e. The minimum Gasteiger partial charge on any atom is -0.316 e. The van der Waals surface area contributed by atoms with Gasteiger partial charge in [0.05, 0.1) is 27.8 Å². The Morgan fingerprint density at radius 1 is 0.417 bits per heavy atom. The molecule has 0 saturated heterocycles. The molecule has 0 fully saturated rings. The van der Waals surface area contributed by atoms with Gasteiger partial charge < -0.3 is 9.13 Å². The van der Waals surface area contributed by atoms with Crippen LogP contribution in [0.3, 0.4) is 0 Å². The molecule has 0 amide bonds. The third kappa shape index (κ3) is 4.10. The van der Waals surface area contributed by atoms with Crippen LogP contribution in [0.1, 0.15) is 0 Å². The van der Waals surface area contributed by atoms with E-state index in [1.54, 1.807) is 0 Å². The highest BCUT2D eigenvalue weighted by Gasteiger charge is 2.18. The standard InChI is InChI=1S/C44H28N4/c1-2-14-33(15-3-1)47-26-25-38-40(47)24-23-36-35-17-7-9-20-41(35)48(43(36)38)34-16-10-13-32(28-34)44-45-39-19-8-6-18-37(39)42(46-44)31-22-21-29-11-4-5-12-30(29)27-31/h1-28H. The second kappa shape index (κ2) is 10.5. The summed E-state index contributed by atoms with van der Waals surface area (Å²) in [6.07, 6.45) is 2.18. The van der Waals surface area contributed by atoms with Gasteiger partial charge in [-0.25, -0.2) is 9.97 Å². The Labute approximate surface area is 276 Å². The first-order valence-electron chi connectivity index (χ1n) is 16.3. The molecule has 0 bridgehead atoms. The maximum atomic E-state index is 5.26. The fourth-order valence-electron chi connectivity index (χ4n) is 7.30. The molecule has 10 aromatic rings. The highest BCUT2D eigenvalue weighted by Crippen LogP contribution is 2.38. The van der Waals surface area contributed by atoms with Gasteiger partial charge in [0, 0.05) is 50.2 Å². The maximum absolute atomic E-state index is 5.26. The Hall–Kier alpha value is -6.52. The summed E-state index contributed by atoms with van der Waals surface area (Å²) in [4.78, 5) is 10.4. The van der Waals surface area contributed by atoms with Gasteiger partial charge in [-0.3, -0.25) is 0 Å². The maximum Gasteiger partial charge on any atom is 0.160 e. The number of nitrogens with zero attached hydrogens (tertiary/aromatic N) is 4. The lowest BCUT2D eigenvalue weighted by Crippen LogP contribution is -1.98. The lowest BCUT2D eigenvalue weighted by molar-refractivity contribution is 1.13. The molecule has 4 heteroatoms. The highest BCUT2D eigenvalue weighted by molar-refractivity contribution is 6.18. The molecule has 0 unspecified atom stereocenters. The van der Waals surface area contributed by atoms with E-state index in [9.17, 15) is 0 Å². The van der Waals surface area contributed by atoms with Crippen molar-refractivity contribution in [3.63, 3.8) is 0 Å². The second-order valence-corrected chi connectivity index (χ2v) is 12.3. The summed E-state index contributed by atoms with van der Waals surface area (Å²) >= 11 is 0. The van der Waals surface area contributed by atoms with Crippen molar-refractivity contribution in [3.8, 4) is 34.0 Å². The Balaban J connectivity index is 1.19. The third-order valence-electron chi connectivity index (χ3n) is 9.53. The lowest BCUT2D eigenvalue weighted by atomic mass is 10.0. The Morgan fingerprint density at radius 2 is 1.19 bits per heavy atom. The van der Waals surface area contributed by atoms with Gasteiger partial charge in [0.15, 0.2) is 5.82 Å². The van der Waals surface area contributed by atoms with Crippen LogP contribution in [0, 0.1) is 0 Å². The highest BCUT2D eigenvalue weighted by atomic mass is 15.0. The third-order valence-corrected chi connectivity index (χ3v) is 9.53. The van der Waals surface area contributed by atoms with E-state index >= 15 is 0 Å². The lowest BCUT2D eigenvalue weighted by Gasteiger charge is -2.13. The molecule has 0 radical (unpaired) electrons. The van der Waals surface area contributed by atoms with Gasteiger partial charge in [0.25, 0.3) is 0 Å². The molecule has 10 rings (SSSR count). The zero-order chi connectivity index (χ0) is 31.6. The number of hydrogen-bond acceptors (Lipinski definition) is 2. The summed E-state index contributed by atoms with van der Waals surface area (Å²) in [5.74, 6) is 0.708. The van der Waals surface area contributed by atoms with Crippen molar-refractivity contribution in [3.05, 3.63) is 170 Å². The van der Waals surface area contributed by atoms with E-state index < -0.39 is 0 Å². The zero-order valence-electron chi connectivity index (χ0n) is 26.0. The molecule has 0 aliphatic carbocycles. The van der Waals surface area contributed by atoms with Gasteiger partial charge in [-0.1, -0.05) is 109 Å². The molecule has 0 aliphatic rings. The van der Waals surface area contributed by atoms with Gasteiger partial charge in [-0.15, -0.1) is 0 Å². The molecule has 0 saturated carbocycles. The molecule has 3 aromatic heterocycles. The van der Waals surface area contributed by atoms with E-state index in [1.807, 2.05) is 6.07 Å². The molecule has 0 aliphatic heterocycles. The van der Waals surface area contributed by atoms with Crippen molar-refractivity contribution in [1.29, 1.82) is 0 Å². The predicted octanol–water partition coefficient (Wildman–Crippen LogP) is 11.2. The summed E-state index contributed by atoms with van der Waals surface area (Å²) in [6, 6.07) is 58.0. The molecule has 48 heavy (non-hydrogen) atoms. The first-order valence-corrected chi connectivity index (χ1v) is 16.3. The van der Waals surface area contributed by atoms with Crippen LogP contribution in [-0.4, -0.2) is 19.1 Å². The minimum atomic E-state index is 0.708. The van der Waals surface area contributed by atoms with Crippen LogP contribution >= 0.6 is 0 Å². The van der Waals surface area contributed by atoms with Gasteiger partial charge in [-0.05, 0) is 65.4 Å². The summed E-state index contributed by atoms with van der Waals surface area (Å²) in [6.45, 7) is 0. The number of fused-ring (bicyclic) bond motifs is 7. The second-order valence-electron chi connectivity index (χ2n) is 12.3. The first-order chi connectivity index (χ1) is 23.8. The first kappa shape index (κ1) is 26.7. The number of para-hydroxylation sites is 3. The van der Waals surface area contributed by atoms with Crippen LogP contribution in [-0.2, 0) is 0 Å². The monoisotopic (exact) mass is 612 g/mol. The summed E-state index contributed by atoms with van der Waals surface area (Å²) in [5.41, 5.74) is 9.67. The van der Waals surface area contributed by atoms with Gasteiger partial charge in [0.2, 0.25) is 0 Å². The van der Waals surface area contributed by atoms with E-state index in [1.165, 1.54) is 43.5 Å². The van der Waals surface area contributed by atoms with E-state index in [-0.39, 0.29) is 0 Å². The number of aromatic nitrogens is 4. The fourth-order valence-corrected chi connectivity index (χ4v) is 7.30. The Kier molecular flexibility index (Phi) is 5.84.